The van der Waals surface area contributed by atoms with Gasteiger partial charge in [-0.15, -0.1) is 0 Å². The Morgan fingerprint density at radius 1 is 1.10 bits per heavy atom. The Hall–Kier alpha value is -0.0400. The lowest BCUT2D eigenvalue weighted by atomic mass is 9.97. The first-order chi connectivity index (χ1) is 4.79. The lowest BCUT2D eigenvalue weighted by Crippen LogP contribution is -2.19. The SMILES string of the molecule is CC[C@H]1CC[C@H](CC)C1O. The second kappa shape index (κ2) is 3.38. The molecule has 10 heavy (non-hydrogen) atoms. The van der Waals surface area contributed by atoms with Crippen molar-refractivity contribution in [3.63, 3.8) is 0 Å². The lowest BCUT2D eigenvalue weighted by molar-refractivity contribution is 0.0878. The van der Waals surface area contributed by atoms with E-state index in [-0.39, 0.29) is 6.10 Å². The third-order valence-electron chi connectivity index (χ3n) is 2.92. The van der Waals surface area contributed by atoms with Crippen molar-refractivity contribution in [1.82, 2.24) is 0 Å². The van der Waals surface area contributed by atoms with E-state index in [1.165, 1.54) is 12.8 Å². The zero-order valence-corrected chi connectivity index (χ0v) is 7.01. The second-order valence-electron chi connectivity index (χ2n) is 3.40. The first-order valence-electron chi connectivity index (χ1n) is 4.47. The predicted molar refractivity (Wildman–Crippen MR) is 42.8 cm³/mol. The molecule has 0 aromatic carbocycles. The Kier molecular flexibility index (Phi) is 2.72. The summed E-state index contributed by atoms with van der Waals surface area (Å²) in [4.78, 5) is 0. The zero-order valence-electron chi connectivity index (χ0n) is 7.01. The van der Waals surface area contributed by atoms with Crippen LogP contribution >= 0.6 is 0 Å². The molecule has 1 fully saturated rings. The summed E-state index contributed by atoms with van der Waals surface area (Å²) in [6.07, 6.45) is 4.80. The molecular formula is C9H18O. The molecule has 0 aromatic heterocycles. The molecule has 0 unspecified atom stereocenters. The molecule has 0 spiro atoms. The molecular weight excluding hydrogens is 124 g/mol. The standard InChI is InChI=1S/C9H18O/c1-3-7-5-6-8(4-2)9(7)10/h7-10H,3-6H2,1-2H3/t7-,8-/m0/s1. The predicted octanol–water partition coefficient (Wildman–Crippen LogP) is 2.19. The minimum absolute atomic E-state index is 0.00926. The van der Waals surface area contributed by atoms with Crippen LogP contribution in [0.1, 0.15) is 39.5 Å². The first-order valence-corrected chi connectivity index (χ1v) is 4.47. The molecule has 1 N–H and O–H groups in total. The fourth-order valence-corrected chi connectivity index (χ4v) is 2.05. The van der Waals surface area contributed by atoms with Crippen LogP contribution in [0.25, 0.3) is 0 Å². The Morgan fingerprint density at radius 2 is 1.50 bits per heavy atom. The van der Waals surface area contributed by atoms with Crippen LogP contribution in [0.5, 0.6) is 0 Å². The van der Waals surface area contributed by atoms with Crippen LogP contribution in [-0.2, 0) is 0 Å². The average molecular weight is 142 g/mol. The van der Waals surface area contributed by atoms with Crippen molar-refractivity contribution in [1.29, 1.82) is 0 Å². The molecule has 0 aromatic rings. The molecule has 1 saturated carbocycles. The van der Waals surface area contributed by atoms with Crippen LogP contribution in [0.15, 0.2) is 0 Å². The minimum atomic E-state index is 0.00926. The van der Waals surface area contributed by atoms with E-state index >= 15 is 0 Å². The molecule has 1 rings (SSSR count). The van der Waals surface area contributed by atoms with E-state index in [2.05, 4.69) is 13.8 Å². The number of aliphatic hydroxyl groups excluding tert-OH is 1. The smallest absolute Gasteiger partial charge is 0.0596 e. The van der Waals surface area contributed by atoms with Crippen molar-refractivity contribution in [2.75, 3.05) is 0 Å². The Bertz CT molecular complexity index is 88.9. The highest BCUT2D eigenvalue weighted by Gasteiger charge is 2.31. The summed E-state index contributed by atoms with van der Waals surface area (Å²) in [5, 5.41) is 9.65. The van der Waals surface area contributed by atoms with Crippen molar-refractivity contribution in [3.05, 3.63) is 0 Å². The molecule has 0 saturated heterocycles. The monoisotopic (exact) mass is 142 g/mol. The van der Waals surface area contributed by atoms with Crippen LogP contribution < -0.4 is 0 Å². The van der Waals surface area contributed by atoms with Crippen molar-refractivity contribution >= 4 is 0 Å². The van der Waals surface area contributed by atoms with E-state index in [9.17, 15) is 5.11 Å². The van der Waals surface area contributed by atoms with Gasteiger partial charge in [0.1, 0.15) is 0 Å². The van der Waals surface area contributed by atoms with Gasteiger partial charge in [0.15, 0.2) is 0 Å². The topological polar surface area (TPSA) is 20.2 Å². The van der Waals surface area contributed by atoms with Crippen LogP contribution in [0.3, 0.4) is 0 Å². The van der Waals surface area contributed by atoms with E-state index < -0.39 is 0 Å². The molecule has 60 valence electrons. The highest BCUT2D eigenvalue weighted by atomic mass is 16.3. The van der Waals surface area contributed by atoms with Gasteiger partial charge >= 0.3 is 0 Å². The normalized spacial score (nSPS) is 35.1. The van der Waals surface area contributed by atoms with E-state index in [1.807, 2.05) is 0 Å². The van der Waals surface area contributed by atoms with Crippen molar-refractivity contribution in [3.8, 4) is 0 Å². The van der Waals surface area contributed by atoms with E-state index in [0.717, 1.165) is 12.8 Å². The molecule has 1 heteroatoms. The van der Waals surface area contributed by atoms with Gasteiger partial charge in [-0.3, -0.25) is 0 Å². The molecule has 1 aliphatic rings. The maximum Gasteiger partial charge on any atom is 0.0596 e. The van der Waals surface area contributed by atoms with Crippen LogP contribution in [0, 0.1) is 11.8 Å². The maximum atomic E-state index is 9.65. The van der Waals surface area contributed by atoms with E-state index in [0.29, 0.717) is 11.8 Å². The van der Waals surface area contributed by atoms with Gasteiger partial charge in [-0.1, -0.05) is 26.7 Å². The maximum absolute atomic E-state index is 9.65. The van der Waals surface area contributed by atoms with E-state index in [1.54, 1.807) is 0 Å². The third kappa shape index (κ3) is 1.34. The summed E-state index contributed by atoms with van der Waals surface area (Å²) in [6, 6.07) is 0. The van der Waals surface area contributed by atoms with Gasteiger partial charge in [-0.05, 0) is 24.7 Å². The van der Waals surface area contributed by atoms with Gasteiger partial charge in [0.2, 0.25) is 0 Å². The summed E-state index contributed by atoms with van der Waals surface area (Å²) >= 11 is 0. The summed E-state index contributed by atoms with van der Waals surface area (Å²) in [7, 11) is 0. The van der Waals surface area contributed by atoms with Gasteiger partial charge in [0.05, 0.1) is 6.10 Å². The number of aliphatic hydroxyl groups is 1. The van der Waals surface area contributed by atoms with Crippen molar-refractivity contribution < 1.29 is 5.11 Å². The molecule has 0 heterocycles. The van der Waals surface area contributed by atoms with Crippen molar-refractivity contribution in [2.24, 2.45) is 11.8 Å². The molecule has 1 aliphatic carbocycles. The highest BCUT2D eigenvalue weighted by Crippen LogP contribution is 2.34. The average Bonchev–Trinajstić information content (AvgIpc) is 2.30. The van der Waals surface area contributed by atoms with Crippen molar-refractivity contribution in [2.45, 2.75) is 45.6 Å². The van der Waals surface area contributed by atoms with Crippen LogP contribution in [0.4, 0.5) is 0 Å². The number of rotatable bonds is 2. The second-order valence-corrected chi connectivity index (χ2v) is 3.40. The fraction of sp³-hybridized carbons (Fsp3) is 1.00. The molecule has 0 bridgehead atoms. The quantitative estimate of drug-likeness (QED) is 0.626. The summed E-state index contributed by atoms with van der Waals surface area (Å²) in [5.41, 5.74) is 0. The fourth-order valence-electron chi connectivity index (χ4n) is 2.05. The molecule has 0 radical (unpaired) electrons. The van der Waals surface area contributed by atoms with Gasteiger partial charge in [-0.25, -0.2) is 0 Å². The highest BCUT2D eigenvalue weighted by molar-refractivity contribution is 4.82. The minimum Gasteiger partial charge on any atom is -0.393 e. The van der Waals surface area contributed by atoms with Gasteiger partial charge in [0.25, 0.3) is 0 Å². The number of hydrogen-bond donors (Lipinski definition) is 1. The third-order valence-corrected chi connectivity index (χ3v) is 2.92. The van der Waals surface area contributed by atoms with Crippen LogP contribution in [-0.4, -0.2) is 11.2 Å². The summed E-state index contributed by atoms with van der Waals surface area (Å²) in [6.45, 7) is 4.35. The van der Waals surface area contributed by atoms with Gasteiger partial charge < -0.3 is 5.11 Å². The molecule has 2 atom stereocenters. The Morgan fingerprint density at radius 3 is 1.70 bits per heavy atom. The largest absolute Gasteiger partial charge is 0.393 e. The molecule has 0 aliphatic heterocycles. The lowest BCUT2D eigenvalue weighted by Gasteiger charge is -2.16. The van der Waals surface area contributed by atoms with Crippen LogP contribution in [0.2, 0.25) is 0 Å². The number of hydrogen-bond acceptors (Lipinski definition) is 1. The molecule has 0 amide bonds. The zero-order chi connectivity index (χ0) is 7.56. The molecule has 1 nitrogen and oxygen atoms in total. The van der Waals surface area contributed by atoms with Gasteiger partial charge in [0, 0.05) is 0 Å². The first kappa shape index (κ1) is 8.06. The Balaban J connectivity index is 2.41. The van der Waals surface area contributed by atoms with Gasteiger partial charge in [-0.2, -0.15) is 0 Å². The summed E-state index contributed by atoms with van der Waals surface area (Å²) < 4.78 is 0. The Labute approximate surface area is 63.4 Å². The summed E-state index contributed by atoms with van der Waals surface area (Å²) in [5.74, 6) is 1.20. The van der Waals surface area contributed by atoms with E-state index in [4.69, 9.17) is 0 Å².